The van der Waals surface area contributed by atoms with Crippen molar-refractivity contribution in [2.75, 3.05) is 5.73 Å². The lowest BCUT2D eigenvalue weighted by Crippen LogP contribution is -2.02. The van der Waals surface area contributed by atoms with Crippen molar-refractivity contribution in [3.63, 3.8) is 0 Å². The first kappa shape index (κ1) is 12.9. The highest BCUT2D eigenvalue weighted by molar-refractivity contribution is 6.33. The molecule has 0 unspecified atom stereocenters. The van der Waals surface area contributed by atoms with Gasteiger partial charge in [-0.15, -0.1) is 5.10 Å². The highest BCUT2D eigenvalue weighted by atomic mass is 35.5. The lowest BCUT2D eigenvalue weighted by Gasteiger charge is -2.08. The molecule has 3 rings (SSSR count). The molecule has 0 aliphatic rings. The Morgan fingerprint density at radius 1 is 0.950 bits per heavy atom. The zero-order chi connectivity index (χ0) is 14.1. The Kier molecular flexibility index (Phi) is 3.30. The molecule has 5 nitrogen and oxygen atoms in total. The molecule has 0 saturated heterocycles. The molecule has 1 heterocycles. The van der Waals surface area contributed by atoms with Gasteiger partial charge in [-0.25, -0.2) is 0 Å². The summed E-state index contributed by atoms with van der Waals surface area (Å²) in [6.07, 6.45) is 0. The molecular formula is C13H9Cl2N5. The standard InChI is InChI=1S/C13H9Cl2N5/c14-9-5-1-2-7-11(9)20-13(17-18-19-20)8-4-3-6-10(15)12(8)16/h1-7H,16H2. The second-order valence-electron chi connectivity index (χ2n) is 4.07. The average Bonchev–Trinajstić information content (AvgIpc) is 2.91. The lowest BCUT2D eigenvalue weighted by atomic mass is 10.1. The first-order valence-electron chi connectivity index (χ1n) is 5.76. The minimum Gasteiger partial charge on any atom is -0.397 e. The number of anilines is 1. The summed E-state index contributed by atoms with van der Waals surface area (Å²) in [5.41, 5.74) is 7.74. The molecule has 3 aromatic rings. The number of hydrogen-bond donors (Lipinski definition) is 1. The van der Waals surface area contributed by atoms with E-state index in [1.165, 1.54) is 4.68 Å². The Morgan fingerprint density at radius 3 is 2.50 bits per heavy atom. The fourth-order valence-electron chi connectivity index (χ4n) is 1.87. The molecule has 0 bridgehead atoms. The summed E-state index contributed by atoms with van der Waals surface area (Å²) >= 11 is 12.2. The molecule has 0 radical (unpaired) electrons. The van der Waals surface area contributed by atoms with E-state index in [9.17, 15) is 0 Å². The van der Waals surface area contributed by atoms with Crippen LogP contribution in [0.15, 0.2) is 42.5 Å². The summed E-state index contributed by atoms with van der Waals surface area (Å²) in [6.45, 7) is 0. The molecule has 0 amide bonds. The van der Waals surface area contributed by atoms with E-state index in [2.05, 4.69) is 15.5 Å². The molecule has 0 spiro atoms. The monoisotopic (exact) mass is 305 g/mol. The number of benzene rings is 2. The van der Waals surface area contributed by atoms with Crippen molar-refractivity contribution in [2.24, 2.45) is 0 Å². The molecule has 1 aromatic heterocycles. The van der Waals surface area contributed by atoms with Crippen molar-refractivity contribution in [2.45, 2.75) is 0 Å². The summed E-state index contributed by atoms with van der Waals surface area (Å²) in [5, 5.41) is 12.7. The number of rotatable bonds is 2. The topological polar surface area (TPSA) is 69.6 Å². The molecule has 0 aliphatic heterocycles. The highest BCUT2D eigenvalue weighted by Gasteiger charge is 2.16. The minimum atomic E-state index is 0.428. The van der Waals surface area contributed by atoms with E-state index in [0.29, 0.717) is 32.8 Å². The van der Waals surface area contributed by atoms with E-state index in [1.807, 2.05) is 18.2 Å². The highest BCUT2D eigenvalue weighted by Crippen LogP contribution is 2.31. The first-order valence-corrected chi connectivity index (χ1v) is 6.51. The Bertz CT molecular complexity index is 769. The third-order valence-corrected chi connectivity index (χ3v) is 3.49. The quantitative estimate of drug-likeness (QED) is 0.738. The zero-order valence-electron chi connectivity index (χ0n) is 10.2. The predicted octanol–water partition coefficient (Wildman–Crippen LogP) is 3.22. The van der Waals surface area contributed by atoms with E-state index < -0.39 is 0 Å². The van der Waals surface area contributed by atoms with Gasteiger partial charge >= 0.3 is 0 Å². The van der Waals surface area contributed by atoms with Gasteiger partial charge < -0.3 is 5.73 Å². The van der Waals surface area contributed by atoms with Crippen molar-refractivity contribution >= 4 is 28.9 Å². The Morgan fingerprint density at radius 2 is 1.70 bits per heavy atom. The average molecular weight is 306 g/mol. The number of tetrazole rings is 1. The molecule has 7 heteroatoms. The number of nitrogen functional groups attached to an aromatic ring is 1. The van der Waals surface area contributed by atoms with E-state index >= 15 is 0 Å². The molecule has 0 fully saturated rings. The summed E-state index contributed by atoms with van der Waals surface area (Å²) in [5.74, 6) is 0.484. The maximum atomic E-state index is 6.17. The van der Waals surface area contributed by atoms with Crippen molar-refractivity contribution < 1.29 is 0 Å². The molecule has 0 atom stereocenters. The van der Waals surface area contributed by atoms with Crippen LogP contribution in [0.1, 0.15) is 0 Å². The first-order chi connectivity index (χ1) is 9.68. The fourth-order valence-corrected chi connectivity index (χ4v) is 2.26. The third kappa shape index (κ3) is 2.11. The summed E-state index contributed by atoms with van der Waals surface area (Å²) < 4.78 is 1.53. The molecular weight excluding hydrogens is 297 g/mol. The fraction of sp³-hybridized carbons (Fsp3) is 0. The van der Waals surface area contributed by atoms with Gasteiger partial charge in [-0.2, -0.15) is 4.68 Å². The molecule has 0 saturated carbocycles. The van der Waals surface area contributed by atoms with Crippen LogP contribution < -0.4 is 5.73 Å². The van der Waals surface area contributed by atoms with Gasteiger partial charge in [0, 0.05) is 5.56 Å². The van der Waals surface area contributed by atoms with Crippen LogP contribution >= 0.6 is 23.2 Å². The molecule has 2 N–H and O–H groups in total. The van der Waals surface area contributed by atoms with Crippen LogP contribution in [-0.2, 0) is 0 Å². The van der Waals surface area contributed by atoms with Gasteiger partial charge in [0.05, 0.1) is 21.4 Å². The maximum Gasteiger partial charge on any atom is 0.189 e. The van der Waals surface area contributed by atoms with Crippen molar-refractivity contribution in [3.05, 3.63) is 52.5 Å². The molecule has 2 aromatic carbocycles. The predicted molar refractivity (Wildman–Crippen MR) is 79.0 cm³/mol. The van der Waals surface area contributed by atoms with Crippen LogP contribution in [0.4, 0.5) is 5.69 Å². The SMILES string of the molecule is Nc1c(Cl)cccc1-c1nnnn1-c1ccccc1Cl. The van der Waals surface area contributed by atoms with Gasteiger partial charge in [0.25, 0.3) is 0 Å². The van der Waals surface area contributed by atoms with Gasteiger partial charge in [-0.3, -0.25) is 0 Å². The summed E-state index contributed by atoms with van der Waals surface area (Å²) in [6, 6.07) is 12.6. The van der Waals surface area contributed by atoms with E-state index in [1.54, 1.807) is 24.3 Å². The second kappa shape index (κ2) is 5.11. The maximum absolute atomic E-state index is 6.17. The Hall–Kier alpha value is -2.11. The van der Waals surface area contributed by atoms with Gasteiger partial charge in [0.1, 0.15) is 0 Å². The van der Waals surface area contributed by atoms with E-state index in [-0.39, 0.29) is 0 Å². The van der Waals surface area contributed by atoms with Gasteiger partial charge in [-0.1, -0.05) is 41.4 Å². The summed E-state index contributed by atoms with van der Waals surface area (Å²) in [4.78, 5) is 0. The van der Waals surface area contributed by atoms with Crippen molar-refractivity contribution in [3.8, 4) is 17.1 Å². The summed E-state index contributed by atoms with van der Waals surface area (Å²) in [7, 11) is 0. The minimum absolute atomic E-state index is 0.428. The number of nitrogens with zero attached hydrogens (tertiary/aromatic N) is 4. The molecule has 20 heavy (non-hydrogen) atoms. The number of para-hydroxylation sites is 2. The smallest absolute Gasteiger partial charge is 0.189 e. The zero-order valence-corrected chi connectivity index (χ0v) is 11.7. The Balaban J connectivity index is 2.21. The Labute approximate surface area is 124 Å². The van der Waals surface area contributed by atoms with Crippen molar-refractivity contribution in [1.29, 1.82) is 0 Å². The van der Waals surface area contributed by atoms with Crippen LogP contribution in [0, 0.1) is 0 Å². The van der Waals surface area contributed by atoms with Crippen LogP contribution in [0.2, 0.25) is 10.0 Å². The van der Waals surface area contributed by atoms with Crippen molar-refractivity contribution in [1.82, 2.24) is 20.2 Å². The second-order valence-corrected chi connectivity index (χ2v) is 4.88. The number of nitrogens with two attached hydrogens (primary N) is 1. The molecule has 100 valence electrons. The van der Waals surface area contributed by atoms with E-state index in [0.717, 1.165) is 0 Å². The van der Waals surface area contributed by atoms with Crippen LogP contribution in [0.25, 0.3) is 17.1 Å². The van der Waals surface area contributed by atoms with Crippen LogP contribution in [0.3, 0.4) is 0 Å². The van der Waals surface area contributed by atoms with E-state index in [4.69, 9.17) is 28.9 Å². The number of halogens is 2. The number of aromatic nitrogens is 4. The normalized spacial score (nSPS) is 10.7. The third-order valence-electron chi connectivity index (χ3n) is 2.84. The van der Waals surface area contributed by atoms with Gasteiger partial charge in [0.2, 0.25) is 0 Å². The van der Waals surface area contributed by atoms with Crippen LogP contribution in [0.5, 0.6) is 0 Å². The molecule has 0 aliphatic carbocycles. The lowest BCUT2D eigenvalue weighted by molar-refractivity contribution is 0.791. The van der Waals surface area contributed by atoms with Gasteiger partial charge in [0.15, 0.2) is 5.82 Å². The van der Waals surface area contributed by atoms with Crippen LogP contribution in [-0.4, -0.2) is 20.2 Å². The largest absolute Gasteiger partial charge is 0.397 e. The van der Waals surface area contributed by atoms with Gasteiger partial charge in [-0.05, 0) is 34.7 Å². The number of hydrogen-bond acceptors (Lipinski definition) is 4.